The minimum Gasteiger partial charge on any atom is -0.467 e. The third kappa shape index (κ3) is 3.88. The van der Waals surface area contributed by atoms with Gasteiger partial charge in [-0.25, -0.2) is 0 Å². The predicted octanol–water partition coefficient (Wildman–Crippen LogP) is 3.91. The van der Waals surface area contributed by atoms with Gasteiger partial charge < -0.3 is 23.5 Å². The number of nitrogens with zero attached hydrogens (tertiary/aromatic N) is 1. The Balaban J connectivity index is 1.67. The molecule has 146 valence electrons. The van der Waals surface area contributed by atoms with Crippen LogP contribution in [0.4, 0.5) is 0 Å². The van der Waals surface area contributed by atoms with Crippen molar-refractivity contribution in [3.05, 3.63) is 72.5 Å². The third-order valence-corrected chi connectivity index (χ3v) is 4.97. The first-order chi connectivity index (χ1) is 13.7. The maximum absolute atomic E-state index is 13.2. The van der Waals surface area contributed by atoms with Crippen LogP contribution in [0.5, 0.6) is 0 Å². The zero-order valence-electron chi connectivity index (χ0n) is 15.4. The highest BCUT2D eigenvalue weighted by molar-refractivity contribution is 5.95. The monoisotopic (exact) mass is 382 g/mol. The molecular weight excluding hydrogens is 360 g/mol. The number of carbonyl (C=O) groups is 2. The van der Waals surface area contributed by atoms with Crippen molar-refractivity contribution >= 4 is 11.8 Å². The number of hydrogen-bond acceptors (Lipinski definition) is 5. The van der Waals surface area contributed by atoms with E-state index in [0.717, 1.165) is 25.7 Å². The van der Waals surface area contributed by atoms with Crippen LogP contribution >= 0.6 is 0 Å². The van der Waals surface area contributed by atoms with Crippen molar-refractivity contribution in [2.75, 3.05) is 0 Å². The number of carbonyl (C=O) groups excluding carboxylic acids is 2. The van der Waals surface area contributed by atoms with Crippen LogP contribution in [0.3, 0.4) is 0 Å². The highest BCUT2D eigenvalue weighted by Gasteiger charge is 2.36. The Hall–Kier alpha value is -3.22. The van der Waals surface area contributed by atoms with Crippen molar-refractivity contribution in [1.29, 1.82) is 0 Å². The van der Waals surface area contributed by atoms with Gasteiger partial charge in [0.1, 0.15) is 11.5 Å². The fraction of sp³-hybridized carbons (Fsp3) is 0.333. The van der Waals surface area contributed by atoms with Crippen LogP contribution in [0.25, 0.3) is 0 Å². The normalized spacial score (nSPS) is 15.4. The molecule has 28 heavy (non-hydrogen) atoms. The van der Waals surface area contributed by atoms with Crippen LogP contribution in [-0.4, -0.2) is 22.8 Å². The Morgan fingerprint density at radius 3 is 2.36 bits per heavy atom. The summed E-state index contributed by atoms with van der Waals surface area (Å²) in [5, 5.41) is 3.07. The number of furan rings is 3. The van der Waals surface area contributed by atoms with Crippen LogP contribution in [-0.2, 0) is 11.3 Å². The van der Waals surface area contributed by atoms with Crippen LogP contribution in [0.1, 0.15) is 53.8 Å². The van der Waals surface area contributed by atoms with Crippen LogP contribution < -0.4 is 5.32 Å². The standard InChI is InChI=1S/C21H22N2O5/c24-20(22-15-6-1-2-7-15)19(17-9-4-12-27-17)23(14-16-8-3-11-26-16)21(25)18-10-5-13-28-18/h3-5,8-13,15,19H,1-2,6-7,14H2,(H,22,24)/t19-/m1/s1. The molecule has 1 fully saturated rings. The molecule has 4 rings (SSSR count). The summed E-state index contributed by atoms with van der Waals surface area (Å²) in [5.41, 5.74) is 0. The molecule has 0 aliphatic heterocycles. The van der Waals surface area contributed by atoms with E-state index in [1.165, 1.54) is 23.7 Å². The van der Waals surface area contributed by atoms with Crippen LogP contribution in [0.15, 0.2) is 68.4 Å². The van der Waals surface area contributed by atoms with Gasteiger partial charge in [-0.05, 0) is 49.2 Å². The first-order valence-electron chi connectivity index (χ1n) is 9.43. The van der Waals surface area contributed by atoms with Crippen molar-refractivity contribution in [3.8, 4) is 0 Å². The fourth-order valence-electron chi connectivity index (χ4n) is 3.61. The van der Waals surface area contributed by atoms with Crippen molar-refractivity contribution in [2.45, 2.75) is 44.3 Å². The molecule has 1 aliphatic rings. The Morgan fingerprint density at radius 2 is 1.71 bits per heavy atom. The van der Waals surface area contributed by atoms with E-state index >= 15 is 0 Å². The maximum Gasteiger partial charge on any atom is 0.290 e. The molecular formula is C21H22N2O5. The van der Waals surface area contributed by atoms with Gasteiger partial charge in [0, 0.05) is 6.04 Å². The van der Waals surface area contributed by atoms with Gasteiger partial charge in [-0.2, -0.15) is 0 Å². The zero-order valence-corrected chi connectivity index (χ0v) is 15.4. The van der Waals surface area contributed by atoms with E-state index in [0.29, 0.717) is 11.5 Å². The summed E-state index contributed by atoms with van der Waals surface area (Å²) in [6.45, 7) is 0.107. The molecule has 3 aromatic rings. The van der Waals surface area contributed by atoms with Crippen molar-refractivity contribution in [2.24, 2.45) is 0 Å². The Bertz CT molecular complexity index is 878. The fourth-order valence-corrected chi connectivity index (χ4v) is 3.61. The average Bonchev–Trinajstić information content (AvgIpc) is 3.50. The van der Waals surface area contributed by atoms with E-state index in [1.807, 2.05) is 0 Å². The van der Waals surface area contributed by atoms with Crippen molar-refractivity contribution in [1.82, 2.24) is 10.2 Å². The van der Waals surface area contributed by atoms with Crippen molar-refractivity contribution < 1.29 is 22.8 Å². The van der Waals surface area contributed by atoms with Gasteiger partial charge in [0.15, 0.2) is 11.8 Å². The maximum atomic E-state index is 13.2. The quantitative estimate of drug-likeness (QED) is 0.669. The molecule has 7 heteroatoms. The van der Waals surface area contributed by atoms with Gasteiger partial charge in [-0.1, -0.05) is 12.8 Å². The third-order valence-electron chi connectivity index (χ3n) is 4.97. The molecule has 0 unspecified atom stereocenters. The lowest BCUT2D eigenvalue weighted by atomic mass is 10.1. The molecule has 0 aromatic carbocycles. The van der Waals surface area contributed by atoms with Crippen LogP contribution in [0.2, 0.25) is 0 Å². The Labute approximate surface area is 162 Å². The summed E-state index contributed by atoms with van der Waals surface area (Å²) in [6, 6.07) is 9.30. The SMILES string of the molecule is O=C(NC1CCCC1)[C@@H](c1ccco1)N(Cc1ccco1)C(=O)c1ccco1. The molecule has 0 saturated heterocycles. The second-order valence-electron chi connectivity index (χ2n) is 6.90. The minimum absolute atomic E-state index is 0.107. The Morgan fingerprint density at radius 1 is 1.00 bits per heavy atom. The smallest absolute Gasteiger partial charge is 0.290 e. The van der Waals surface area contributed by atoms with Gasteiger partial charge in [0.05, 0.1) is 25.3 Å². The summed E-state index contributed by atoms with van der Waals surface area (Å²) in [5.74, 6) is 0.418. The first kappa shape index (κ1) is 18.2. The second kappa shape index (κ2) is 8.21. The summed E-state index contributed by atoms with van der Waals surface area (Å²) in [6.07, 6.45) is 8.54. The summed E-state index contributed by atoms with van der Waals surface area (Å²) in [7, 11) is 0. The summed E-state index contributed by atoms with van der Waals surface area (Å²) in [4.78, 5) is 27.8. The van der Waals surface area contributed by atoms with E-state index < -0.39 is 11.9 Å². The average molecular weight is 382 g/mol. The molecule has 0 bridgehead atoms. The molecule has 3 aromatic heterocycles. The van der Waals surface area contributed by atoms with Gasteiger partial charge in [-0.15, -0.1) is 0 Å². The van der Waals surface area contributed by atoms with Gasteiger partial charge in [0.25, 0.3) is 11.8 Å². The molecule has 1 saturated carbocycles. The highest BCUT2D eigenvalue weighted by atomic mass is 16.3. The summed E-state index contributed by atoms with van der Waals surface area (Å²) < 4.78 is 16.3. The molecule has 3 heterocycles. The predicted molar refractivity (Wildman–Crippen MR) is 99.1 cm³/mol. The summed E-state index contributed by atoms with van der Waals surface area (Å²) >= 11 is 0. The molecule has 1 aliphatic carbocycles. The largest absolute Gasteiger partial charge is 0.467 e. The van der Waals surface area contributed by atoms with E-state index in [2.05, 4.69) is 5.32 Å². The van der Waals surface area contributed by atoms with E-state index in [4.69, 9.17) is 13.3 Å². The van der Waals surface area contributed by atoms with Gasteiger partial charge >= 0.3 is 0 Å². The molecule has 0 radical (unpaired) electrons. The minimum atomic E-state index is -0.932. The topological polar surface area (TPSA) is 88.8 Å². The molecule has 1 N–H and O–H groups in total. The second-order valence-corrected chi connectivity index (χ2v) is 6.90. The van der Waals surface area contributed by atoms with Gasteiger partial charge in [0.2, 0.25) is 0 Å². The number of hydrogen-bond donors (Lipinski definition) is 1. The van der Waals surface area contributed by atoms with E-state index in [9.17, 15) is 9.59 Å². The zero-order chi connectivity index (χ0) is 19.3. The van der Waals surface area contributed by atoms with Crippen LogP contribution in [0, 0.1) is 0 Å². The number of nitrogens with one attached hydrogen (secondary N) is 1. The highest BCUT2D eigenvalue weighted by Crippen LogP contribution is 2.28. The Kier molecular flexibility index (Phi) is 5.32. The molecule has 1 atom stereocenters. The molecule has 7 nitrogen and oxygen atoms in total. The molecule has 0 spiro atoms. The lowest BCUT2D eigenvalue weighted by Gasteiger charge is -2.29. The van der Waals surface area contributed by atoms with Gasteiger partial charge in [-0.3, -0.25) is 9.59 Å². The lowest BCUT2D eigenvalue weighted by Crippen LogP contribution is -2.45. The van der Waals surface area contributed by atoms with E-state index in [1.54, 1.807) is 36.4 Å². The first-order valence-corrected chi connectivity index (χ1v) is 9.43. The molecule has 2 amide bonds. The van der Waals surface area contributed by atoms with E-state index in [-0.39, 0.29) is 24.3 Å². The number of amides is 2. The van der Waals surface area contributed by atoms with Crippen molar-refractivity contribution in [3.63, 3.8) is 0 Å². The lowest BCUT2D eigenvalue weighted by molar-refractivity contribution is -0.127. The number of rotatable bonds is 7.